The van der Waals surface area contributed by atoms with Gasteiger partial charge in [0, 0.05) is 11.9 Å². The predicted octanol–water partition coefficient (Wildman–Crippen LogP) is 2.73. The third-order valence-electron chi connectivity index (χ3n) is 4.73. The van der Waals surface area contributed by atoms with Gasteiger partial charge in [-0.1, -0.05) is 41.9 Å². The lowest BCUT2D eigenvalue weighted by molar-refractivity contribution is 0.0971. The van der Waals surface area contributed by atoms with Crippen molar-refractivity contribution < 1.29 is 9.53 Å². The number of nitrogens with one attached hydrogen (secondary N) is 3. The van der Waals surface area contributed by atoms with E-state index in [4.69, 9.17) is 33.2 Å². The van der Waals surface area contributed by atoms with E-state index < -0.39 is 5.91 Å². The molecule has 9 nitrogen and oxygen atoms in total. The number of nitrogens with zero attached hydrogens (tertiary/aromatic N) is 2. The Morgan fingerprint density at radius 2 is 1.84 bits per heavy atom. The minimum absolute atomic E-state index is 0.0615. The van der Waals surface area contributed by atoms with Gasteiger partial charge in [0.2, 0.25) is 0 Å². The lowest BCUT2D eigenvalue weighted by Crippen LogP contribution is -2.41. The fraction of sp³-hybridized carbons (Fsp3) is 0.238. The number of carbonyl (C=O) groups excluding carboxylic acids is 1. The fourth-order valence-electron chi connectivity index (χ4n) is 3.21. The second-order valence-corrected chi connectivity index (χ2v) is 7.18. The first-order chi connectivity index (χ1) is 14.9. The number of methoxy groups -OCH3 is 1. The molecular weight excluding hydrogens is 418 g/mol. The van der Waals surface area contributed by atoms with E-state index in [2.05, 4.69) is 38.8 Å². The van der Waals surface area contributed by atoms with Crippen LogP contribution in [0.4, 0.5) is 11.6 Å². The van der Waals surface area contributed by atoms with Crippen LogP contribution in [0.25, 0.3) is 10.8 Å². The van der Waals surface area contributed by atoms with Crippen LogP contribution in [0.3, 0.4) is 0 Å². The fourth-order valence-corrected chi connectivity index (χ4v) is 3.34. The summed E-state index contributed by atoms with van der Waals surface area (Å²) in [6.45, 7) is 0.525. The molecule has 0 fully saturated rings. The Bertz CT molecular complexity index is 1120. The molecule has 10 heteroatoms. The lowest BCUT2D eigenvalue weighted by atomic mass is 9.99. The Morgan fingerprint density at radius 3 is 2.58 bits per heavy atom. The Morgan fingerprint density at radius 1 is 1.10 bits per heavy atom. The van der Waals surface area contributed by atoms with Crippen LogP contribution in [0.2, 0.25) is 5.15 Å². The molecule has 0 aliphatic rings. The molecule has 0 unspecified atom stereocenters. The lowest BCUT2D eigenvalue weighted by Gasteiger charge is -2.12. The molecule has 31 heavy (non-hydrogen) atoms. The van der Waals surface area contributed by atoms with Crippen molar-refractivity contribution in [2.45, 2.75) is 19.3 Å². The molecular formula is C21H24ClN7O2. The van der Waals surface area contributed by atoms with Crippen LogP contribution in [-0.4, -0.2) is 35.5 Å². The van der Waals surface area contributed by atoms with Crippen LogP contribution < -0.4 is 26.8 Å². The number of rotatable bonds is 7. The molecule has 3 rings (SSSR count). The molecule has 1 amide bonds. The minimum atomic E-state index is -0.686. The smallest absolute Gasteiger partial charge is 0.280 e. The number of guanidine groups is 1. The highest BCUT2D eigenvalue weighted by Gasteiger charge is 2.17. The van der Waals surface area contributed by atoms with E-state index in [1.807, 2.05) is 18.2 Å². The highest BCUT2D eigenvalue weighted by molar-refractivity contribution is 6.31. The van der Waals surface area contributed by atoms with Crippen molar-refractivity contribution in [1.82, 2.24) is 20.6 Å². The van der Waals surface area contributed by atoms with Gasteiger partial charge in [-0.15, -0.1) is 0 Å². The molecule has 1 heterocycles. The maximum absolute atomic E-state index is 12.2. The number of aromatic nitrogens is 2. The van der Waals surface area contributed by atoms with Gasteiger partial charge in [0.1, 0.15) is 5.75 Å². The summed E-state index contributed by atoms with van der Waals surface area (Å²) in [5.41, 5.74) is 12.2. The zero-order valence-corrected chi connectivity index (χ0v) is 17.8. The Labute approximate surface area is 184 Å². The van der Waals surface area contributed by atoms with E-state index in [9.17, 15) is 4.79 Å². The SMILES string of the molecule is COc1ccc(CCCCNC(=N)NC(=O)c2nc(Cl)c(N)nc2N)c2ccccc12. The van der Waals surface area contributed by atoms with Crippen molar-refractivity contribution >= 4 is 45.9 Å². The summed E-state index contributed by atoms with van der Waals surface area (Å²) in [4.78, 5) is 19.8. The summed E-state index contributed by atoms with van der Waals surface area (Å²) in [5.74, 6) is -0.200. The molecule has 162 valence electrons. The average Bonchev–Trinajstić information content (AvgIpc) is 2.75. The summed E-state index contributed by atoms with van der Waals surface area (Å²) in [6, 6.07) is 12.2. The van der Waals surface area contributed by atoms with Gasteiger partial charge in [-0.05, 0) is 36.3 Å². The third kappa shape index (κ3) is 5.32. The first-order valence-corrected chi connectivity index (χ1v) is 10.1. The van der Waals surface area contributed by atoms with E-state index in [1.54, 1.807) is 7.11 Å². The molecule has 0 bridgehead atoms. The van der Waals surface area contributed by atoms with Gasteiger partial charge >= 0.3 is 0 Å². The van der Waals surface area contributed by atoms with Crippen LogP contribution in [-0.2, 0) is 6.42 Å². The van der Waals surface area contributed by atoms with Crippen molar-refractivity contribution in [3.8, 4) is 5.75 Å². The van der Waals surface area contributed by atoms with Gasteiger partial charge in [-0.25, -0.2) is 9.97 Å². The van der Waals surface area contributed by atoms with Gasteiger partial charge in [0.25, 0.3) is 5.91 Å². The number of carbonyl (C=O) groups is 1. The standard InChI is InChI=1S/C21H24ClN7O2/c1-31-15-10-9-12(13-7-2-3-8-14(13)15)6-4-5-11-26-21(25)29-20(30)16-18(23)28-19(24)17(22)27-16/h2-3,7-10H,4-6,11H2,1H3,(H4,23,24,28)(H3,25,26,29,30). The van der Waals surface area contributed by atoms with E-state index in [-0.39, 0.29) is 28.4 Å². The number of unbranched alkanes of at least 4 members (excludes halogenated alkanes) is 1. The zero-order chi connectivity index (χ0) is 22.4. The van der Waals surface area contributed by atoms with Crippen LogP contribution in [0.15, 0.2) is 36.4 Å². The van der Waals surface area contributed by atoms with Crippen molar-refractivity contribution in [3.05, 3.63) is 52.8 Å². The monoisotopic (exact) mass is 441 g/mol. The van der Waals surface area contributed by atoms with Gasteiger partial charge < -0.3 is 21.5 Å². The molecule has 0 radical (unpaired) electrons. The Balaban J connectivity index is 1.47. The van der Waals surface area contributed by atoms with E-state index in [0.717, 1.165) is 30.4 Å². The van der Waals surface area contributed by atoms with Gasteiger partial charge in [0.05, 0.1) is 7.11 Å². The number of benzene rings is 2. The van der Waals surface area contributed by atoms with Crippen LogP contribution in [0.1, 0.15) is 28.9 Å². The van der Waals surface area contributed by atoms with E-state index in [1.165, 1.54) is 10.9 Å². The molecule has 0 spiro atoms. The Kier molecular flexibility index (Phi) is 7.09. The normalized spacial score (nSPS) is 10.6. The van der Waals surface area contributed by atoms with E-state index >= 15 is 0 Å². The minimum Gasteiger partial charge on any atom is -0.496 e. The molecule has 1 aromatic heterocycles. The molecule has 7 N–H and O–H groups in total. The van der Waals surface area contributed by atoms with Crippen molar-refractivity contribution in [2.75, 3.05) is 25.1 Å². The predicted molar refractivity (Wildman–Crippen MR) is 123 cm³/mol. The summed E-state index contributed by atoms with van der Waals surface area (Å²) in [5, 5.41) is 15.3. The van der Waals surface area contributed by atoms with Crippen molar-refractivity contribution in [1.29, 1.82) is 5.41 Å². The summed E-state index contributed by atoms with van der Waals surface area (Å²) < 4.78 is 5.44. The maximum atomic E-state index is 12.2. The molecule has 3 aromatic rings. The van der Waals surface area contributed by atoms with Gasteiger partial charge in [0.15, 0.2) is 28.4 Å². The number of anilines is 2. The number of halogens is 1. The molecule has 0 aliphatic carbocycles. The molecule has 0 saturated heterocycles. The summed E-state index contributed by atoms with van der Waals surface area (Å²) in [7, 11) is 1.67. The topological polar surface area (TPSA) is 152 Å². The first kappa shape index (κ1) is 22.1. The number of ether oxygens (including phenoxy) is 1. The largest absolute Gasteiger partial charge is 0.496 e. The number of hydrogen-bond acceptors (Lipinski definition) is 7. The van der Waals surface area contributed by atoms with Gasteiger partial charge in [-0.2, -0.15) is 0 Å². The molecule has 0 atom stereocenters. The number of aryl methyl sites for hydroxylation is 1. The van der Waals surface area contributed by atoms with Crippen LogP contribution in [0.5, 0.6) is 5.75 Å². The number of hydrogen-bond donors (Lipinski definition) is 5. The molecule has 2 aromatic carbocycles. The highest BCUT2D eigenvalue weighted by Crippen LogP contribution is 2.29. The number of amides is 1. The summed E-state index contributed by atoms with van der Waals surface area (Å²) >= 11 is 5.78. The molecule has 0 aliphatic heterocycles. The zero-order valence-electron chi connectivity index (χ0n) is 17.0. The number of nitrogens with two attached hydrogens (primary N) is 2. The first-order valence-electron chi connectivity index (χ1n) is 9.67. The molecule has 0 saturated carbocycles. The van der Waals surface area contributed by atoms with Crippen LogP contribution in [0, 0.1) is 5.41 Å². The third-order valence-corrected chi connectivity index (χ3v) is 5.01. The maximum Gasteiger partial charge on any atom is 0.280 e. The number of nitrogen functional groups attached to an aromatic ring is 2. The number of fused-ring (bicyclic) bond motifs is 1. The van der Waals surface area contributed by atoms with Crippen LogP contribution >= 0.6 is 11.6 Å². The Hall–Kier alpha value is -3.59. The second kappa shape index (κ2) is 9.94. The van der Waals surface area contributed by atoms with Crippen molar-refractivity contribution in [3.63, 3.8) is 0 Å². The van der Waals surface area contributed by atoms with E-state index in [0.29, 0.717) is 6.54 Å². The van der Waals surface area contributed by atoms with Gasteiger partial charge in [-0.3, -0.25) is 15.5 Å². The summed E-state index contributed by atoms with van der Waals surface area (Å²) in [6.07, 6.45) is 2.62. The second-order valence-electron chi connectivity index (χ2n) is 6.82. The highest BCUT2D eigenvalue weighted by atomic mass is 35.5. The van der Waals surface area contributed by atoms with Crippen molar-refractivity contribution in [2.24, 2.45) is 0 Å². The average molecular weight is 442 g/mol. The quantitative estimate of drug-likeness (QED) is 0.214.